The van der Waals surface area contributed by atoms with E-state index in [1.165, 1.54) is 7.11 Å². The number of ether oxygens (including phenoxy) is 1. The summed E-state index contributed by atoms with van der Waals surface area (Å²) in [6.07, 6.45) is 0. The highest BCUT2D eigenvalue weighted by Crippen LogP contribution is 2.06. The molecule has 2 aromatic carbocycles. The maximum Gasteiger partial charge on any atom is 0.359 e. The minimum Gasteiger partial charge on any atom is -0.464 e. The van der Waals surface area contributed by atoms with Crippen molar-refractivity contribution in [1.82, 2.24) is 5.43 Å². The number of methoxy groups -OCH3 is 1. The van der Waals surface area contributed by atoms with Crippen LogP contribution in [0, 0.1) is 6.92 Å². The fourth-order valence-electron chi connectivity index (χ4n) is 1.80. The van der Waals surface area contributed by atoms with E-state index in [2.05, 4.69) is 10.5 Å². The normalized spacial score (nSPS) is 10.9. The van der Waals surface area contributed by atoms with Crippen molar-refractivity contribution in [2.75, 3.05) is 7.11 Å². The van der Waals surface area contributed by atoms with Gasteiger partial charge in [-0.25, -0.2) is 10.2 Å². The lowest BCUT2D eigenvalue weighted by atomic mass is 10.1. The van der Waals surface area contributed by atoms with E-state index in [-0.39, 0.29) is 5.71 Å². The van der Waals surface area contributed by atoms with E-state index in [1.54, 1.807) is 36.4 Å². The summed E-state index contributed by atoms with van der Waals surface area (Å²) < 4.78 is 4.71. The maximum atomic E-state index is 12.0. The van der Waals surface area contributed by atoms with E-state index in [1.807, 2.05) is 25.1 Å². The van der Waals surface area contributed by atoms with Crippen LogP contribution < -0.4 is 5.43 Å². The summed E-state index contributed by atoms with van der Waals surface area (Å²) >= 11 is 0. The van der Waals surface area contributed by atoms with Crippen molar-refractivity contribution in [1.29, 1.82) is 0 Å². The van der Waals surface area contributed by atoms with Gasteiger partial charge in [0.2, 0.25) is 0 Å². The van der Waals surface area contributed by atoms with Gasteiger partial charge in [-0.2, -0.15) is 5.10 Å². The summed E-state index contributed by atoms with van der Waals surface area (Å²) in [4.78, 5) is 23.8. The summed E-state index contributed by atoms with van der Waals surface area (Å²) in [5.41, 5.74) is 4.51. The van der Waals surface area contributed by atoms with Crippen molar-refractivity contribution < 1.29 is 14.3 Å². The van der Waals surface area contributed by atoms with Crippen molar-refractivity contribution in [3.63, 3.8) is 0 Å². The molecular formula is C17H16N2O3. The lowest BCUT2D eigenvalue weighted by Gasteiger charge is -2.06. The molecule has 1 N–H and O–H groups in total. The Balaban J connectivity index is 2.24. The largest absolute Gasteiger partial charge is 0.464 e. The van der Waals surface area contributed by atoms with Crippen LogP contribution in [0.3, 0.4) is 0 Å². The van der Waals surface area contributed by atoms with Crippen LogP contribution in [-0.4, -0.2) is 24.7 Å². The molecule has 0 heterocycles. The molecule has 5 heteroatoms. The standard InChI is InChI=1S/C17H16N2O3/c1-12-8-10-13(11-9-12)15(17(21)22-2)18-19-16(20)14-6-4-3-5-7-14/h3-11H,1-2H3,(H,19,20)/b18-15-. The Bertz CT molecular complexity index is 692. The number of carbonyl (C=O) groups excluding carboxylic acids is 2. The second-order valence-electron chi connectivity index (χ2n) is 4.62. The quantitative estimate of drug-likeness (QED) is 0.535. The van der Waals surface area contributed by atoms with Gasteiger partial charge >= 0.3 is 5.97 Å². The second-order valence-corrected chi connectivity index (χ2v) is 4.62. The Morgan fingerprint density at radius 2 is 1.59 bits per heavy atom. The number of rotatable bonds is 4. The molecule has 0 aliphatic rings. The first-order valence-corrected chi connectivity index (χ1v) is 6.70. The Morgan fingerprint density at radius 3 is 2.18 bits per heavy atom. The Hall–Kier alpha value is -2.95. The number of esters is 1. The van der Waals surface area contributed by atoms with E-state index in [9.17, 15) is 9.59 Å². The summed E-state index contributed by atoms with van der Waals surface area (Å²) in [5, 5.41) is 3.91. The Labute approximate surface area is 128 Å². The predicted molar refractivity (Wildman–Crippen MR) is 83.6 cm³/mol. The number of carbonyl (C=O) groups is 2. The molecule has 0 aliphatic heterocycles. The number of hydrazone groups is 1. The van der Waals surface area contributed by atoms with Gasteiger partial charge < -0.3 is 4.74 Å². The zero-order valence-corrected chi connectivity index (χ0v) is 12.4. The molecular weight excluding hydrogens is 280 g/mol. The molecule has 2 aromatic rings. The molecule has 0 saturated carbocycles. The van der Waals surface area contributed by atoms with E-state index >= 15 is 0 Å². The summed E-state index contributed by atoms with van der Waals surface area (Å²) in [6, 6.07) is 15.8. The van der Waals surface area contributed by atoms with Gasteiger partial charge in [0.1, 0.15) is 0 Å². The molecule has 0 saturated heterocycles. The van der Waals surface area contributed by atoms with Crippen LogP contribution in [0.15, 0.2) is 59.7 Å². The van der Waals surface area contributed by atoms with Crippen LogP contribution in [0.1, 0.15) is 21.5 Å². The molecule has 0 fully saturated rings. The van der Waals surface area contributed by atoms with Crippen LogP contribution in [-0.2, 0) is 9.53 Å². The maximum absolute atomic E-state index is 12.0. The van der Waals surface area contributed by atoms with E-state index in [4.69, 9.17) is 4.74 Å². The van der Waals surface area contributed by atoms with Gasteiger partial charge in [-0.1, -0.05) is 48.0 Å². The van der Waals surface area contributed by atoms with Crippen molar-refractivity contribution in [2.24, 2.45) is 5.10 Å². The number of nitrogens with one attached hydrogen (secondary N) is 1. The molecule has 0 radical (unpaired) electrons. The first-order chi connectivity index (χ1) is 10.6. The van der Waals surface area contributed by atoms with Crippen molar-refractivity contribution in [3.8, 4) is 0 Å². The topological polar surface area (TPSA) is 67.8 Å². The van der Waals surface area contributed by atoms with Gasteiger partial charge in [0, 0.05) is 11.1 Å². The van der Waals surface area contributed by atoms with E-state index < -0.39 is 11.9 Å². The van der Waals surface area contributed by atoms with Gasteiger partial charge in [-0.15, -0.1) is 0 Å². The van der Waals surface area contributed by atoms with Crippen LogP contribution in [0.4, 0.5) is 0 Å². The molecule has 0 aliphatic carbocycles. The highest BCUT2D eigenvalue weighted by atomic mass is 16.5. The first-order valence-electron chi connectivity index (χ1n) is 6.70. The minimum absolute atomic E-state index is 0.0479. The molecule has 0 unspecified atom stereocenters. The zero-order valence-electron chi connectivity index (χ0n) is 12.4. The molecule has 2 rings (SSSR count). The molecule has 0 bridgehead atoms. The van der Waals surface area contributed by atoms with Crippen LogP contribution >= 0.6 is 0 Å². The number of aryl methyl sites for hydroxylation is 1. The molecule has 0 spiro atoms. The fraction of sp³-hybridized carbons (Fsp3) is 0.118. The van der Waals surface area contributed by atoms with Gasteiger partial charge in [-0.05, 0) is 19.1 Å². The zero-order chi connectivity index (χ0) is 15.9. The Kier molecular flexibility index (Phi) is 5.03. The van der Waals surface area contributed by atoms with Gasteiger partial charge in [0.05, 0.1) is 7.11 Å². The molecule has 5 nitrogen and oxygen atoms in total. The second kappa shape index (κ2) is 7.17. The number of nitrogens with zero attached hydrogens (tertiary/aromatic N) is 1. The number of hydrogen-bond donors (Lipinski definition) is 1. The van der Waals surface area contributed by atoms with E-state index in [0.717, 1.165) is 5.56 Å². The van der Waals surface area contributed by atoms with Gasteiger partial charge in [0.25, 0.3) is 5.91 Å². The smallest absolute Gasteiger partial charge is 0.359 e. The third-order valence-corrected chi connectivity index (χ3v) is 3.01. The minimum atomic E-state index is -0.614. The summed E-state index contributed by atoms with van der Waals surface area (Å²) in [6.45, 7) is 1.94. The molecule has 0 atom stereocenters. The van der Waals surface area contributed by atoms with Crippen molar-refractivity contribution in [2.45, 2.75) is 6.92 Å². The third kappa shape index (κ3) is 3.79. The fourth-order valence-corrected chi connectivity index (χ4v) is 1.80. The highest BCUT2D eigenvalue weighted by molar-refractivity contribution is 6.43. The van der Waals surface area contributed by atoms with Crippen molar-refractivity contribution >= 4 is 17.6 Å². The summed E-state index contributed by atoms with van der Waals surface area (Å²) in [7, 11) is 1.27. The lowest BCUT2D eigenvalue weighted by Crippen LogP contribution is -2.25. The SMILES string of the molecule is COC(=O)/C(=N\NC(=O)c1ccccc1)c1ccc(C)cc1. The molecule has 22 heavy (non-hydrogen) atoms. The van der Waals surface area contributed by atoms with Gasteiger partial charge in [0.15, 0.2) is 5.71 Å². The molecule has 0 aromatic heterocycles. The van der Waals surface area contributed by atoms with Crippen LogP contribution in [0.2, 0.25) is 0 Å². The number of amides is 1. The summed E-state index contributed by atoms with van der Waals surface area (Å²) in [5.74, 6) is -1.01. The highest BCUT2D eigenvalue weighted by Gasteiger charge is 2.15. The van der Waals surface area contributed by atoms with E-state index in [0.29, 0.717) is 11.1 Å². The van der Waals surface area contributed by atoms with Crippen molar-refractivity contribution in [3.05, 3.63) is 71.3 Å². The average molecular weight is 296 g/mol. The number of benzene rings is 2. The first kappa shape index (κ1) is 15.4. The molecule has 1 amide bonds. The van der Waals surface area contributed by atoms with Crippen LogP contribution in [0.25, 0.3) is 0 Å². The monoisotopic (exact) mass is 296 g/mol. The average Bonchev–Trinajstić information content (AvgIpc) is 2.56. The lowest BCUT2D eigenvalue weighted by molar-refractivity contribution is -0.132. The third-order valence-electron chi connectivity index (χ3n) is 3.01. The Morgan fingerprint density at radius 1 is 0.955 bits per heavy atom. The predicted octanol–water partition coefficient (Wildman–Crippen LogP) is 2.30. The van der Waals surface area contributed by atoms with Crippen LogP contribution in [0.5, 0.6) is 0 Å². The number of hydrogen-bond acceptors (Lipinski definition) is 4. The van der Waals surface area contributed by atoms with Gasteiger partial charge in [-0.3, -0.25) is 4.79 Å². The molecule has 112 valence electrons.